The molecule has 104 valence electrons. The molecule has 0 N–H and O–H groups in total. The summed E-state index contributed by atoms with van der Waals surface area (Å²) in [5.41, 5.74) is 1.65. The first-order chi connectivity index (χ1) is 9.20. The normalized spacial score (nSPS) is 17.3. The molecular weight excluding hydrogens is 238 g/mol. The van der Waals surface area contributed by atoms with Gasteiger partial charge in [0.1, 0.15) is 0 Å². The summed E-state index contributed by atoms with van der Waals surface area (Å²) in [4.78, 5) is 21.0. The van der Waals surface area contributed by atoms with E-state index in [1.165, 1.54) is 6.42 Å². The van der Waals surface area contributed by atoms with Gasteiger partial charge in [0.05, 0.1) is 5.56 Å². The summed E-state index contributed by atoms with van der Waals surface area (Å²) in [5.74, 6) is 0.117. The number of pyridine rings is 1. The first-order valence-corrected chi connectivity index (χ1v) is 7.15. The van der Waals surface area contributed by atoms with Crippen molar-refractivity contribution in [2.24, 2.45) is 0 Å². The molecule has 0 bridgehead atoms. The van der Waals surface area contributed by atoms with Crippen LogP contribution in [0, 0.1) is 6.92 Å². The molecule has 1 aromatic heterocycles. The van der Waals surface area contributed by atoms with Crippen LogP contribution in [-0.4, -0.2) is 53.4 Å². The van der Waals surface area contributed by atoms with Gasteiger partial charge in [-0.1, -0.05) is 6.92 Å². The number of carbonyl (C=O) groups is 1. The van der Waals surface area contributed by atoms with Gasteiger partial charge >= 0.3 is 0 Å². The average molecular weight is 261 g/mol. The Labute approximate surface area is 115 Å². The van der Waals surface area contributed by atoms with Gasteiger partial charge in [-0.05, 0) is 45.0 Å². The molecule has 2 heterocycles. The van der Waals surface area contributed by atoms with E-state index in [0.717, 1.165) is 44.8 Å². The maximum Gasteiger partial charge on any atom is 0.255 e. The van der Waals surface area contributed by atoms with Crippen molar-refractivity contribution < 1.29 is 4.79 Å². The van der Waals surface area contributed by atoms with Gasteiger partial charge in [-0.25, -0.2) is 0 Å². The van der Waals surface area contributed by atoms with Crippen LogP contribution in [0.25, 0.3) is 0 Å². The molecule has 4 heteroatoms. The van der Waals surface area contributed by atoms with Crippen molar-refractivity contribution in [2.45, 2.75) is 26.7 Å². The van der Waals surface area contributed by atoms with E-state index in [1.54, 1.807) is 6.20 Å². The molecule has 1 amide bonds. The maximum atomic E-state index is 12.4. The SMILES string of the molecule is CCCN1CCCN(C(=O)c2ccc(C)nc2)CC1. The van der Waals surface area contributed by atoms with Crippen LogP contribution in [0.2, 0.25) is 0 Å². The van der Waals surface area contributed by atoms with Crippen LogP contribution in [0.4, 0.5) is 0 Å². The number of amides is 1. The lowest BCUT2D eigenvalue weighted by atomic mass is 10.2. The zero-order valence-corrected chi connectivity index (χ0v) is 11.9. The molecule has 0 radical (unpaired) electrons. The Morgan fingerprint density at radius 3 is 2.79 bits per heavy atom. The Kier molecular flexibility index (Phi) is 4.91. The summed E-state index contributed by atoms with van der Waals surface area (Å²) in [6.45, 7) is 9.03. The van der Waals surface area contributed by atoms with Crippen molar-refractivity contribution in [3.63, 3.8) is 0 Å². The van der Waals surface area contributed by atoms with E-state index in [4.69, 9.17) is 0 Å². The second-order valence-corrected chi connectivity index (χ2v) is 5.18. The summed E-state index contributed by atoms with van der Waals surface area (Å²) in [6.07, 6.45) is 3.92. The highest BCUT2D eigenvalue weighted by Gasteiger charge is 2.19. The molecule has 1 fully saturated rings. The number of nitrogens with zero attached hydrogens (tertiary/aromatic N) is 3. The second-order valence-electron chi connectivity index (χ2n) is 5.18. The van der Waals surface area contributed by atoms with Gasteiger partial charge in [-0.2, -0.15) is 0 Å². The van der Waals surface area contributed by atoms with Crippen LogP contribution in [0.3, 0.4) is 0 Å². The first kappa shape index (κ1) is 14.0. The molecule has 1 saturated heterocycles. The summed E-state index contributed by atoms with van der Waals surface area (Å²) in [6, 6.07) is 3.77. The molecule has 1 aliphatic heterocycles. The molecule has 4 nitrogen and oxygen atoms in total. The third-order valence-electron chi connectivity index (χ3n) is 3.57. The zero-order valence-electron chi connectivity index (χ0n) is 11.9. The van der Waals surface area contributed by atoms with Crippen LogP contribution in [0.1, 0.15) is 35.8 Å². The second kappa shape index (κ2) is 6.66. The molecule has 2 rings (SSSR count). The molecule has 19 heavy (non-hydrogen) atoms. The standard InChI is InChI=1S/C15H23N3O/c1-3-7-17-8-4-9-18(11-10-17)15(19)14-6-5-13(2)16-12-14/h5-6,12H,3-4,7-11H2,1-2H3. The molecule has 0 atom stereocenters. The summed E-state index contributed by atoms with van der Waals surface area (Å²) in [7, 11) is 0. The van der Waals surface area contributed by atoms with Crippen molar-refractivity contribution >= 4 is 5.91 Å². The van der Waals surface area contributed by atoms with Gasteiger partial charge in [0.2, 0.25) is 0 Å². The quantitative estimate of drug-likeness (QED) is 0.834. The third-order valence-corrected chi connectivity index (χ3v) is 3.57. The predicted molar refractivity (Wildman–Crippen MR) is 76.2 cm³/mol. The number of hydrogen-bond acceptors (Lipinski definition) is 3. The Bertz CT molecular complexity index is 416. The van der Waals surface area contributed by atoms with E-state index < -0.39 is 0 Å². The molecule has 0 aromatic carbocycles. The summed E-state index contributed by atoms with van der Waals surface area (Å²) in [5, 5.41) is 0. The average Bonchev–Trinajstić information content (AvgIpc) is 2.65. The number of hydrogen-bond donors (Lipinski definition) is 0. The third kappa shape index (κ3) is 3.77. The van der Waals surface area contributed by atoms with Crippen molar-refractivity contribution in [2.75, 3.05) is 32.7 Å². The lowest BCUT2D eigenvalue weighted by Gasteiger charge is -2.21. The van der Waals surface area contributed by atoms with Crippen LogP contribution in [0.15, 0.2) is 18.3 Å². The number of rotatable bonds is 3. The van der Waals surface area contributed by atoms with E-state index in [1.807, 2.05) is 24.0 Å². The lowest BCUT2D eigenvalue weighted by Crippen LogP contribution is -2.35. The van der Waals surface area contributed by atoms with Gasteiger partial charge in [0.25, 0.3) is 5.91 Å². The van der Waals surface area contributed by atoms with Gasteiger partial charge in [0.15, 0.2) is 0 Å². The smallest absolute Gasteiger partial charge is 0.255 e. The Morgan fingerprint density at radius 2 is 2.11 bits per heavy atom. The van der Waals surface area contributed by atoms with E-state index in [0.29, 0.717) is 5.56 Å². The Hall–Kier alpha value is -1.42. The fourth-order valence-electron chi connectivity index (χ4n) is 2.49. The number of aryl methyl sites for hydroxylation is 1. The molecule has 0 unspecified atom stereocenters. The molecule has 0 saturated carbocycles. The van der Waals surface area contributed by atoms with Crippen molar-refractivity contribution in [1.29, 1.82) is 0 Å². The monoisotopic (exact) mass is 261 g/mol. The first-order valence-electron chi connectivity index (χ1n) is 7.15. The van der Waals surface area contributed by atoms with Crippen molar-refractivity contribution in [3.05, 3.63) is 29.6 Å². The van der Waals surface area contributed by atoms with Crippen molar-refractivity contribution in [3.8, 4) is 0 Å². The molecular formula is C15H23N3O. The van der Waals surface area contributed by atoms with Crippen molar-refractivity contribution in [1.82, 2.24) is 14.8 Å². The van der Waals surface area contributed by atoms with Gasteiger partial charge in [-0.3, -0.25) is 9.78 Å². The van der Waals surface area contributed by atoms with E-state index >= 15 is 0 Å². The van der Waals surface area contributed by atoms with Gasteiger partial charge < -0.3 is 9.80 Å². The number of aromatic nitrogens is 1. The van der Waals surface area contributed by atoms with Crippen LogP contribution >= 0.6 is 0 Å². The highest BCUT2D eigenvalue weighted by molar-refractivity contribution is 5.93. The molecule has 0 aliphatic carbocycles. The van der Waals surface area contributed by atoms with Gasteiger partial charge in [-0.15, -0.1) is 0 Å². The van der Waals surface area contributed by atoms with Crippen LogP contribution in [-0.2, 0) is 0 Å². The topological polar surface area (TPSA) is 36.4 Å². The Morgan fingerprint density at radius 1 is 1.26 bits per heavy atom. The largest absolute Gasteiger partial charge is 0.337 e. The maximum absolute atomic E-state index is 12.4. The Balaban J connectivity index is 1.98. The minimum Gasteiger partial charge on any atom is -0.337 e. The zero-order chi connectivity index (χ0) is 13.7. The van der Waals surface area contributed by atoms with E-state index in [9.17, 15) is 4.79 Å². The van der Waals surface area contributed by atoms with E-state index in [2.05, 4.69) is 16.8 Å². The van der Waals surface area contributed by atoms with Crippen LogP contribution < -0.4 is 0 Å². The number of carbonyl (C=O) groups excluding carboxylic acids is 1. The minimum atomic E-state index is 0.117. The van der Waals surface area contributed by atoms with Crippen LogP contribution in [0.5, 0.6) is 0 Å². The lowest BCUT2D eigenvalue weighted by molar-refractivity contribution is 0.0761. The molecule has 1 aromatic rings. The highest BCUT2D eigenvalue weighted by atomic mass is 16.2. The minimum absolute atomic E-state index is 0.117. The fourth-order valence-corrected chi connectivity index (χ4v) is 2.49. The molecule has 1 aliphatic rings. The highest BCUT2D eigenvalue weighted by Crippen LogP contribution is 2.09. The van der Waals surface area contributed by atoms with Gasteiger partial charge in [0, 0.05) is 31.5 Å². The summed E-state index contributed by atoms with van der Waals surface area (Å²) >= 11 is 0. The fraction of sp³-hybridized carbons (Fsp3) is 0.600. The van der Waals surface area contributed by atoms with E-state index in [-0.39, 0.29) is 5.91 Å². The predicted octanol–water partition coefficient (Wildman–Crippen LogP) is 1.95. The summed E-state index contributed by atoms with van der Waals surface area (Å²) < 4.78 is 0. The molecule has 0 spiro atoms.